The van der Waals surface area contributed by atoms with Gasteiger partial charge in [0.25, 0.3) is 0 Å². The molecular weight excluding hydrogens is 164 g/mol. The summed E-state index contributed by atoms with van der Waals surface area (Å²) in [6.45, 7) is 0. The third-order valence-electron chi connectivity index (χ3n) is 2.75. The predicted molar refractivity (Wildman–Crippen MR) is 50.1 cm³/mol. The lowest BCUT2D eigenvalue weighted by Gasteiger charge is -2.28. The van der Waals surface area contributed by atoms with Crippen molar-refractivity contribution >= 4 is 5.78 Å². The van der Waals surface area contributed by atoms with Crippen molar-refractivity contribution in [1.29, 1.82) is 0 Å². The minimum atomic E-state index is 0.127. The highest BCUT2D eigenvalue weighted by molar-refractivity contribution is 5.90. The van der Waals surface area contributed by atoms with Crippen LogP contribution >= 0.6 is 0 Å². The van der Waals surface area contributed by atoms with Gasteiger partial charge in [-0.1, -0.05) is 12.2 Å². The fraction of sp³-hybridized carbons (Fsp3) is 0.545. The van der Waals surface area contributed by atoms with E-state index in [-0.39, 0.29) is 11.9 Å². The molecule has 0 amide bonds. The second-order valence-corrected chi connectivity index (χ2v) is 3.69. The standard InChI is InChI=1S/C11H14O2/c12-10-6-7-13-11(8-10)9-4-2-1-3-5-9/h1-2,6-7,9,11H,3-5,8H2. The molecule has 0 aromatic rings. The first kappa shape index (κ1) is 8.54. The van der Waals surface area contributed by atoms with Crippen molar-refractivity contribution in [3.63, 3.8) is 0 Å². The van der Waals surface area contributed by atoms with Gasteiger partial charge in [0.2, 0.25) is 0 Å². The lowest BCUT2D eigenvalue weighted by molar-refractivity contribution is -0.119. The predicted octanol–water partition coefficient (Wildman–Crippen LogP) is 2.21. The summed E-state index contributed by atoms with van der Waals surface area (Å²) in [7, 11) is 0. The van der Waals surface area contributed by atoms with Gasteiger partial charge < -0.3 is 4.74 Å². The highest BCUT2D eigenvalue weighted by Gasteiger charge is 2.26. The van der Waals surface area contributed by atoms with Crippen LogP contribution in [0.1, 0.15) is 25.7 Å². The molecule has 2 atom stereocenters. The van der Waals surface area contributed by atoms with E-state index in [9.17, 15) is 4.79 Å². The Morgan fingerprint density at radius 3 is 3.00 bits per heavy atom. The van der Waals surface area contributed by atoms with Crippen LogP contribution in [0.2, 0.25) is 0 Å². The van der Waals surface area contributed by atoms with Gasteiger partial charge in [-0.05, 0) is 25.2 Å². The molecule has 1 aliphatic heterocycles. The van der Waals surface area contributed by atoms with Crippen LogP contribution in [0.25, 0.3) is 0 Å². The van der Waals surface area contributed by atoms with Gasteiger partial charge in [-0.2, -0.15) is 0 Å². The van der Waals surface area contributed by atoms with Crippen molar-refractivity contribution in [2.45, 2.75) is 31.8 Å². The Balaban J connectivity index is 1.97. The Labute approximate surface area is 78.3 Å². The number of hydrogen-bond donors (Lipinski definition) is 0. The van der Waals surface area contributed by atoms with Crippen molar-refractivity contribution in [3.8, 4) is 0 Å². The Bertz CT molecular complexity index is 253. The summed E-state index contributed by atoms with van der Waals surface area (Å²) in [6.07, 6.45) is 11.5. The lowest BCUT2D eigenvalue weighted by Crippen LogP contribution is -2.28. The molecule has 0 radical (unpaired) electrons. The van der Waals surface area contributed by atoms with Gasteiger partial charge in [0, 0.05) is 12.5 Å². The third kappa shape index (κ3) is 2.00. The minimum absolute atomic E-state index is 0.127. The highest BCUT2D eigenvalue weighted by atomic mass is 16.5. The van der Waals surface area contributed by atoms with Crippen molar-refractivity contribution in [2.24, 2.45) is 5.92 Å². The zero-order valence-corrected chi connectivity index (χ0v) is 7.61. The minimum Gasteiger partial charge on any atom is -0.497 e. The monoisotopic (exact) mass is 178 g/mol. The first-order valence-corrected chi connectivity index (χ1v) is 4.86. The molecule has 70 valence electrons. The van der Waals surface area contributed by atoms with Crippen molar-refractivity contribution in [3.05, 3.63) is 24.5 Å². The Hall–Kier alpha value is -1.05. The average Bonchev–Trinajstić information content (AvgIpc) is 2.19. The van der Waals surface area contributed by atoms with Gasteiger partial charge >= 0.3 is 0 Å². The van der Waals surface area contributed by atoms with E-state index in [0.717, 1.165) is 19.3 Å². The van der Waals surface area contributed by atoms with E-state index in [1.165, 1.54) is 6.08 Å². The van der Waals surface area contributed by atoms with Crippen LogP contribution in [0.5, 0.6) is 0 Å². The molecule has 2 unspecified atom stereocenters. The number of allylic oxidation sites excluding steroid dienone is 3. The van der Waals surface area contributed by atoms with Crippen molar-refractivity contribution in [1.82, 2.24) is 0 Å². The quantitative estimate of drug-likeness (QED) is 0.575. The van der Waals surface area contributed by atoms with Crippen LogP contribution in [-0.2, 0) is 9.53 Å². The maximum absolute atomic E-state index is 11.1. The molecule has 0 N–H and O–H groups in total. The van der Waals surface area contributed by atoms with E-state index in [1.54, 1.807) is 6.26 Å². The Morgan fingerprint density at radius 1 is 1.38 bits per heavy atom. The van der Waals surface area contributed by atoms with Gasteiger partial charge in [0.05, 0.1) is 6.26 Å². The molecule has 1 heterocycles. The fourth-order valence-electron chi connectivity index (χ4n) is 1.96. The van der Waals surface area contributed by atoms with E-state index in [0.29, 0.717) is 12.3 Å². The molecule has 0 aromatic carbocycles. The normalized spacial score (nSPS) is 33.1. The van der Waals surface area contributed by atoms with Gasteiger partial charge in [-0.25, -0.2) is 0 Å². The molecule has 0 fully saturated rings. The SMILES string of the molecule is O=C1C=COC(C2CC=CCC2)C1. The highest BCUT2D eigenvalue weighted by Crippen LogP contribution is 2.27. The third-order valence-corrected chi connectivity index (χ3v) is 2.75. The molecule has 2 rings (SSSR count). The fourth-order valence-corrected chi connectivity index (χ4v) is 1.96. The van der Waals surface area contributed by atoms with Gasteiger partial charge in [-0.15, -0.1) is 0 Å². The van der Waals surface area contributed by atoms with Crippen molar-refractivity contribution < 1.29 is 9.53 Å². The molecule has 0 bridgehead atoms. The topological polar surface area (TPSA) is 26.3 Å². The molecule has 0 spiro atoms. The van der Waals surface area contributed by atoms with E-state index >= 15 is 0 Å². The maximum Gasteiger partial charge on any atom is 0.162 e. The summed E-state index contributed by atoms with van der Waals surface area (Å²) in [5, 5.41) is 0. The van der Waals surface area contributed by atoms with Crippen LogP contribution < -0.4 is 0 Å². The molecule has 2 nitrogen and oxygen atoms in total. The lowest BCUT2D eigenvalue weighted by atomic mass is 9.86. The molecule has 0 saturated carbocycles. The number of carbonyl (C=O) groups excluding carboxylic acids is 1. The number of carbonyl (C=O) groups is 1. The first-order valence-electron chi connectivity index (χ1n) is 4.86. The van der Waals surface area contributed by atoms with Crippen LogP contribution in [0.3, 0.4) is 0 Å². The summed E-state index contributed by atoms with van der Waals surface area (Å²) < 4.78 is 5.45. The van der Waals surface area contributed by atoms with Crippen LogP contribution in [0, 0.1) is 5.92 Å². The van der Waals surface area contributed by atoms with E-state index in [2.05, 4.69) is 12.2 Å². The number of rotatable bonds is 1. The van der Waals surface area contributed by atoms with E-state index in [1.807, 2.05) is 0 Å². The van der Waals surface area contributed by atoms with Crippen LogP contribution in [-0.4, -0.2) is 11.9 Å². The van der Waals surface area contributed by atoms with Crippen LogP contribution in [0.4, 0.5) is 0 Å². The zero-order chi connectivity index (χ0) is 9.10. The van der Waals surface area contributed by atoms with E-state index < -0.39 is 0 Å². The second kappa shape index (κ2) is 3.77. The molecule has 0 aromatic heterocycles. The first-order chi connectivity index (χ1) is 6.36. The molecule has 2 heteroatoms. The average molecular weight is 178 g/mol. The molecule has 0 saturated heterocycles. The van der Waals surface area contributed by atoms with Crippen LogP contribution in [0.15, 0.2) is 24.5 Å². The number of hydrogen-bond acceptors (Lipinski definition) is 2. The molecule has 2 aliphatic rings. The Morgan fingerprint density at radius 2 is 2.31 bits per heavy atom. The van der Waals surface area contributed by atoms with Gasteiger partial charge in [0.1, 0.15) is 6.10 Å². The summed E-state index contributed by atoms with van der Waals surface area (Å²) in [5.74, 6) is 0.740. The number of ketones is 1. The zero-order valence-electron chi connectivity index (χ0n) is 7.61. The second-order valence-electron chi connectivity index (χ2n) is 3.69. The largest absolute Gasteiger partial charge is 0.497 e. The smallest absolute Gasteiger partial charge is 0.162 e. The van der Waals surface area contributed by atoms with E-state index in [4.69, 9.17) is 4.74 Å². The molecule has 1 aliphatic carbocycles. The molecule has 13 heavy (non-hydrogen) atoms. The maximum atomic E-state index is 11.1. The Kier molecular flexibility index (Phi) is 2.48. The molecular formula is C11H14O2. The number of ether oxygens (including phenoxy) is 1. The summed E-state index contributed by atoms with van der Waals surface area (Å²) in [4.78, 5) is 11.1. The summed E-state index contributed by atoms with van der Waals surface area (Å²) in [6, 6.07) is 0. The summed E-state index contributed by atoms with van der Waals surface area (Å²) in [5.41, 5.74) is 0. The summed E-state index contributed by atoms with van der Waals surface area (Å²) >= 11 is 0. The van der Waals surface area contributed by atoms with Gasteiger partial charge in [-0.3, -0.25) is 4.79 Å². The van der Waals surface area contributed by atoms with Gasteiger partial charge in [0.15, 0.2) is 5.78 Å². The van der Waals surface area contributed by atoms with Crippen molar-refractivity contribution in [2.75, 3.05) is 0 Å².